The fourth-order valence-electron chi connectivity index (χ4n) is 3.48. The summed E-state index contributed by atoms with van der Waals surface area (Å²) in [6.45, 7) is 0. The number of aromatic nitrogens is 2. The molecule has 10 nitrogen and oxygen atoms in total. The van der Waals surface area contributed by atoms with Crippen LogP contribution < -0.4 is 26.6 Å². The summed E-state index contributed by atoms with van der Waals surface area (Å²) in [6.07, 6.45) is -5.32. The van der Waals surface area contributed by atoms with E-state index in [1.165, 1.54) is 22.9 Å². The van der Waals surface area contributed by atoms with Gasteiger partial charge in [-0.25, -0.2) is 31.7 Å². The van der Waals surface area contributed by atoms with E-state index < -0.39 is 60.4 Å². The van der Waals surface area contributed by atoms with Crippen molar-refractivity contribution in [2.75, 3.05) is 17.7 Å². The fraction of sp³-hybridized carbons (Fsp3) is 0.0952. The average molecular weight is 626 g/mol. The Balaban J connectivity index is 1.77. The van der Waals surface area contributed by atoms with Crippen LogP contribution in [0.25, 0.3) is 16.6 Å². The van der Waals surface area contributed by atoms with Gasteiger partial charge in [0.2, 0.25) is 0 Å². The monoisotopic (exact) mass is 625 g/mol. The summed E-state index contributed by atoms with van der Waals surface area (Å²) < 4.78 is 82.8. The molecule has 2 aromatic carbocycles. The number of H-pyrrole nitrogens is 1. The molecular weight excluding hydrogens is 613 g/mol. The Morgan fingerprint density at radius 3 is 2.36 bits per heavy atom. The Hall–Kier alpha value is -3.60. The Bertz CT molecular complexity index is 1850. The number of halogens is 6. The van der Waals surface area contributed by atoms with Crippen molar-refractivity contribution in [2.45, 2.75) is 10.4 Å². The van der Waals surface area contributed by atoms with Crippen molar-refractivity contribution < 1.29 is 30.8 Å². The van der Waals surface area contributed by atoms with Crippen LogP contribution in [0.4, 0.5) is 33.7 Å². The van der Waals surface area contributed by atoms with Gasteiger partial charge in [-0.15, -0.1) is 11.3 Å². The van der Waals surface area contributed by atoms with Gasteiger partial charge in [-0.1, -0.05) is 23.2 Å². The minimum Gasteiger partial charge on any atom is -0.388 e. The molecule has 0 unspecified atom stereocenters. The van der Waals surface area contributed by atoms with E-state index in [1.807, 2.05) is 0 Å². The molecule has 206 valence electrons. The van der Waals surface area contributed by atoms with Gasteiger partial charge >= 0.3 is 17.9 Å². The van der Waals surface area contributed by atoms with Gasteiger partial charge in [0.05, 0.1) is 21.5 Å². The maximum Gasteiger partial charge on any atom is 0.418 e. The lowest BCUT2D eigenvalue weighted by atomic mass is 10.1. The number of hydrogen-bond acceptors (Lipinski definition) is 7. The highest BCUT2D eigenvalue weighted by Crippen LogP contribution is 2.37. The number of urea groups is 1. The molecule has 2 amide bonds. The van der Waals surface area contributed by atoms with Crippen molar-refractivity contribution in [1.29, 1.82) is 0 Å². The standard InChI is InChI=1S/C21H13Cl2F4N5O5S2/c1-28-8-2-3-10-14(6-8)30-20(35)32(18(10)33)16-11(21(25,26)27)4-9(5-13(16)24)29-19(34)31-39(36,37)15-7-12(22)17(23)38-15/h2-7,28H,1H3,(H,30,35)(H2,29,31,34). The second-order valence-electron chi connectivity index (χ2n) is 7.68. The lowest BCUT2D eigenvalue weighted by Crippen LogP contribution is -2.36. The van der Waals surface area contributed by atoms with Gasteiger partial charge in [-0.3, -0.25) is 4.79 Å². The minimum atomic E-state index is -5.32. The number of anilines is 2. The number of hydrogen-bond donors (Lipinski definition) is 4. The molecule has 0 fully saturated rings. The third kappa shape index (κ3) is 5.59. The predicted octanol–water partition coefficient (Wildman–Crippen LogP) is 4.76. The molecule has 2 heterocycles. The van der Waals surface area contributed by atoms with Crippen molar-refractivity contribution in [1.82, 2.24) is 14.3 Å². The summed E-state index contributed by atoms with van der Waals surface area (Å²) in [5, 5.41) is 4.22. The van der Waals surface area contributed by atoms with Crippen LogP contribution in [0.5, 0.6) is 0 Å². The van der Waals surface area contributed by atoms with Crippen LogP contribution in [0.3, 0.4) is 0 Å². The quantitative estimate of drug-likeness (QED) is 0.236. The van der Waals surface area contributed by atoms with Crippen LogP contribution in [-0.2, 0) is 16.2 Å². The number of rotatable bonds is 5. The Morgan fingerprint density at radius 1 is 1.08 bits per heavy atom. The number of nitrogens with zero attached hydrogens (tertiary/aromatic N) is 1. The van der Waals surface area contributed by atoms with Crippen LogP contribution in [0.15, 0.2) is 50.2 Å². The Morgan fingerprint density at radius 2 is 1.77 bits per heavy atom. The SMILES string of the molecule is CNc1ccc2c(=O)n(-c3c(F)cc(NC(=O)NS(=O)(=O)c4cc(Cl)c(Cl)s4)cc3C(F)(F)F)c(=O)[nH]c2c1. The summed E-state index contributed by atoms with van der Waals surface area (Å²) in [6, 6.07) is 4.04. The molecule has 18 heteroatoms. The van der Waals surface area contributed by atoms with Gasteiger partial charge in [-0.05, 0) is 36.4 Å². The molecule has 4 rings (SSSR count). The van der Waals surface area contributed by atoms with Crippen molar-refractivity contribution in [3.63, 3.8) is 0 Å². The smallest absolute Gasteiger partial charge is 0.388 e. The minimum absolute atomic E-state index is 0.00782. The number of benzene rings is 2. The van der Waals surface area contributed by atoms with Crippen molar-refractivity contribution in [2.24, 2.45) is 0 Å². The number of amides is 2. The first kappa shape index (κ1) is 28.4. The molecular formula is C21H13Cl2F4N5O5S2. The first-order valence-corrected chi connectivity index (χ1v) is 13.3. The highest BCUT2D eigenvalue weighted by molar-refractivity contribution is 7.92. The first-order valence-electron chi connectivity index (χ1n) is 10.3. The predicted molar refractivity (Wildman–Crippen MR) is 138 cm³/mol. The third-order valence-corrected chi connectivity index (χ3v) is 8.82. The Labute approximate surface area is 229 Å². The van der Waals surface area contributed by atoms with Gasteiger partial charge in [0.25, 0.3) is 15.6 Å². The molecule has 0 saturated carbocycles. The zero-order valence-corrected chi connectivity index (χ0v) is 22.2. The second-order valence-corrected chi connectivity index (χ2v) is 11.7. The number of carbonyl (C=O) groups is 1. The van der Waals surface area contributed by atoms with E-state index in [9.17, 15) is 36.0 Å². The van der Waals surface area contributed by atoms with Crippen LogP contribution in [-0.4, -0.2) is 31.0 Å². The topological polar surface area (TPSA) is 142 Å². The average Bonchev–Trinajstić information content (AvgIpc) is 3.17. The molecule has 4 N–H and O–H groups in total. The molecule has 0 radical (unpaired) electrons. The zero-order chi connectivity index (χ0) is 28.9. The van der Waals surface area contributed by atoms with Crippen molar-refractivity contribution >= 4 is 72.9 Å². The summed E-state index contributed by atoms with van der Waals surface area (Å²) in [5.41, 5.74) is -6.17. The summed E-state index contributed by atoms with van der Waals surface area (Å²) >= 11 is 11.9. The number of aromatic amines is 1. The maximum absolute atomic E-state index is 15.2. The number of carbonyl (C=O) groups excluding carboxylic acids is 1. The number of fused-ring (bicyclic) bond motifs is 1. The number of alkyl halides is 3. The van der Waals surface area contributed by atoms with E-state index >= 15 is 4.39 Å². The highest BCUT2D eigenvalue weighted by Gasteiger charge is 2.37. The number of thiophene rings is 1. The van der Waals surface area contributed by atoms with Crippen LogP contribution in [0.2, 0.25) is 9.36 Å². The van der Waals surface area contributed by atoms with E-state index in [1.54, 1.807) is 12.4 Å². The molecule has 0 saturated heterocycles. The van der Waals surface area contributed by atoms with Gasteiger partial charge in [-0.2, -0.15) is 13.2 Å². The van der Waals surface area contributed by atoms with Gasteiger partial charge in [0.1, 0.15) is 20.1 Å². The van der Waals surface area contributed by atoms with E-state index in [-0.39, 0.29) is 30.9 Å². The number of sulfonamides is 1. The van der Waals surface area contributed by atoms with Gasteiger partial charge in [0.15, 0.2) is 0 Å². The molecule has 0 spiro atoms. The summed E-state index contributed by atoms with van der Waals surface area (Å²) in [7, 11) is -2.98. The highest BCUT2D eigenvalue weighted by atomic mass is 35.5. The van der Waals surface area contributed by atoms with E-state index in [4.69, 9.17) is 23.2 Å². The lowest BCUT2D eigenvalue weighted by Gasteiger charge is -2.17. The first-order chi connectivity index (χ1) is 18.1. The van der Waals surface area contributed by atoms with E-state index in [0.717, 1.165) is 6.07 Å². The lowest BCUT2D eigenvalue weighted by molar-refractivity contribution is -0.137. The summed E-state index contributed by atoms with van der Waals surface area (Å²) in [4.78, 5) is 40.1. The molecule has 39 heavy (non-hydrogen) atoms. The van der Waals surface area contributed by atoms with Crippen molar-refractivity contribution in [3.8, 4) is 5.69 Å². The second kappa shape index (κ2) is 10.2. The van der Waals surface area contributed by atoms with E-state index in [0.29, 0.717) is 23.1 Å². The fourth-order valence-corrected chi connectivity index (χ4v) is 6.27. The van der Waals surface area contributed by atoms with Crippen LogP contribution >= 0.6 is 34.5 Å². The molecule has 0 aliphatic heterocycles. The van der Waals surface area contributed by atoms with Crippen LogP contribution in [0.1, 0.15) is 5.56 Å². The van der Waals surface area contributed by atoms with Gasteiger partial charge in [0, 0.05) is 18.4 Å². The molecule has 0 bridgehead atoms. The molecule has 0 aliphatic rings. The maximum atomic E-state index is 15.2. The normalized spacial score (nSPS) is 12.0. The molecule has 4 aromatic rings. The molecule has 0 aliphatic carbocycles. The van der Waals surface area contributed by atoms with Crippen molar-refractivity contribution in [3.05, 3.63) is 78.0 Å². The molecule has 0 atom stereocenters. The Kier molecular flexibility index (Phi) is 7.41. The van der Waals surface area contributed by atoms with Crippen LogP contribution in [0, 0.1) is 5.82 Å². The largest absolute Gasteiger partial charge is 0.418 e. The molecule has 2 aromatic heterocycles. The zero-order valence-electron chi connectivity index (χ0n) is 19.0. The third-order valence-electron chi connectivity index (χ3n) is 5.15. The van der Waals surface area contributed by atoms with E-state index in [2.05, 4.69) is 10.3 Å². The summed E-state index contributed by atoms with van der Waals surface area (Å²) in [5.74, 6) is -1.71. The number of nitrogens with one attached hydrogen (secondary N) is 4. The van der Waals surface area contributed by atoms with Gasteiger partial charge < -0.3 is 15.6 Å².